The Morgan fingerprint density at radius 3 is 2.85 bits per heavy atom. The van der Waals surface area contributed by atoms with Crippen molar-refractivity contribution in [2.75, 3.05) is 5.73 Å². The number of fused-ring (bicyclic) bond motifs is 1. The molecule has 3 N–H and O–H groups in total. The van der Waals surface area contributed by atoms with Crippen molar-refractivity contribution in [1.82, 2.24) is 14.5 Å². The monoisotopic (exact) mass is 268 g/mol. The van der Waals surface area contributed by atoms with Gasteiger partial charge >= 0.3 is 0 Å². The standard InChI is InChI=1S/C14H12N4O2/c1-18-13(20)10(7-16-14(18)15)12-4-2-8-6-9(19)3-5-11(8)17-12/h2-7,19H,1H3,(H2,15,16). The maximum atomic E-state index is 12.1. The van der Waals surface area contributed by atoms with Crippen LogP contribution in [0.3, 0.4) is 0 Å². The minimum Gasteiger partial charge on any atom is -0.508 e. The molecule has 0 radical (unpaired) electrons. The number of aromatic hydroxyl groups is 1. The zero-order valence-corrected chi connectivity index (χ0v) is 10.7. The summed E-state index contributed by atoms with van der Waals surface area (Å²) < 4.78 is 1.28. The quantitative estimate of drug-likeness (QED) is 0.693. The molecular formula is C14H12N4O2. The van der Waals surface area contributed by atoms with Crippen LogP contribution in [0.15, 0.2) is 41.3 Å². The van der Waals surface area contributed by atoms with Crippen molar-refractivity contribution in [2.45, 2.75) is 0 Å². The van der Waals surface area contributed by atoms with Crippen molar-refractivity contribution in [2.24, 2.45) is 7.05 Å². The molecule has 2 aromatic heterocycles. The van der Waals surface area contributed by atoms with Crippen LogP contribution in [0.25, 0.3) is 22.2 Å². The molecule has 0 spiro atoms. The number of hydrogen-bond donors (Lipinski definition) is 2. The van der Waals surface area contributed by atoms with Crippen LogP contribution >= 0.6 is 0 Å². The molecule has 0 amide bonds. The predicted octanol–water partition coefficient (Wildman–Crippen LogP) is 1.28. The number of nitrogens with zero attached hydrogens (tertiary/aromatic N) is 3. The molecule has 1 aromatic carbocycles. The van der Waals surface area contributed by atoms with Crippen molar-refractivity contribution in [3.63, 3.8) is 0 Å². The lowest BCUT2D eigenvalue weighted by atomic mass is 10.1. The van der Waals surface area contributed by atoms with E-state index in [9.17, 15) is 9.90 Å². The number of phenols is 1. The van der Waals surface area contributed by atoms with Gasteiger partial charge in [-0.3, -0.25) is 9.36 Å². The molecule has 3 rings (SSSR count). The summed E-state index contributed by atoms with van der Waals surface area (Å²) in [5, 5.41) is 10.2. The maximum Gasteiger partial charge on any atom is 0.264 e. The van der Waals surface area contributed by atoms with Crippen molar-refractivity contribution >= 4 is 16.9 Å². The Kier molecular flexibility index (Phi) is 2.64. The van der Waals surface area contributed by atoms with E-state index in [1.807, 2.05) is 0 Å². The lowest BCUT2D eigenvalue weighted by Gasteiger charge is -2.06. The van der Waals surface area contributed by atoms with Gasteiger partial charge in [0.1, 0.15) is 5.75 Å². The molecule has 0 saturated heterocycles. The fraction of sp³-hybridized carbons (Fsp3) is 0.0714. The molecule has 0 fully saturated rings. The van der Waals surface area contributed by atoms with Crippen LogP contribution in [0.1, 0.15) is 0 Å². The first kappa shape index (κ1) is 12.2. The van der Waals surface area contributed by atoms with Crippen LogP contribution in [0, 0.1) is 0 Å². The fourth-order valence-electron chi connectivity index (χ4n) is 2.00. The molecule has 0 aliphatic carbocycles. The highest BCUT2D eigenvalue weighted by Gasteiger charge is 2.09. The summed E-state index contributed by atoms with van der Waals surface area (Å²) in [4.78, 5) is 20.5. The fourth-order valence-corrected chi connectivity index (χ4v) is 2.00. The summed E-state index contributed by atoms with van der Waals surface area (Å²) in [6.07, 6.45) is 1.42. The van der Waals surface area contributed by atoms with Gasteiger partial charge in [-0.15, -0.1) is 0 Å². The molecule has 0 bridgehead atoms. The summed E-state index contributed by atoms with van der Waals surface area (Å²) in [6, 6.07) is 8.39. The SMILES string of the molecule is Cn1c(N)ncc(-c2ccc3cc(O)ccc3n2)c1=O. The number of rotatable bonds is 1. The highest BCUT2D eigenvalue weighted by molar-refractivity contribution is 5.82. The lowest BCUT2D eigenvalue weighted by molar-refractivity contribution is 0.476. The maximum absolute atomic E-state index is 12.1. The summed E-state index contributed by atoms with van der Waals surface area (Å²) in [5.41, 5.74) is 6.94. The summed E-state index contributed by atoms with van der Waals surface area (Å²) in [6.45, 7) is 0. The molecular weight excluding hydrogens is 256 g/mol. The van der Waals surface area contributed by atoms with Crippen LogP contribution < -0.4 is 11.3 Å². The molecule has 0 unspecified atom stereocenters. The normalized spacial score (nSPS) is 10.8. The van der Waals surface area contributed by atoms with E-state index in [4.69, 9.17) is 5.73 Å². The number of pyridine rings is 1. The van der Waals surface area contributed by atoms with Gasteiger partial charge in [0.15, 0.2) is 0 Å². The van der Waals surface area contributed by atoms with Gasteiger partial charge in [-0.1, -0.05) is 6.07 Å². The van der Waals surface area contributed by atoms with E-state index in [-0.39, 0.29) is 17.3 Å². The Morgan fingerprint density at radius 2 is 2.05 bits per heavy atom. The molecule has 0 atom stereocenters. The second kappa shape index (κ2) is 4.34. The first-order chi connectivity index (χ1) is 9.56. The smallest absolute Gasteiger partial charge is 0.264 e. The molecule has 6 heteroatoms. The van der Waals surface area contributed by atoms with E-state index < -0.39 is 0 Å². The average molecular weight is 268 g/mol. The number of aromatic nitrogens is 3. The number of hydrogen-bond acceptors (Lipinski definition) is 5. The minimum absolute atomic E-state index is 0.157. The van der Waals surface area contributed by atoms with Crippen LogP contribution in [-0.4, -0.2) is 19.6 Å². The minimum atomic E-state index is -0.247. The number of benzene rings is 1. The topological polar surface area (TPSA) is 94.0 Å². The number of phenolic OH excluding ortho intramolecular Hbond substituents is 1. The largest absolute Gasteiger partial charge is 0.508 e. The van der Waals surface area contributed by atoms with E-state index in [2.05, 4.69) is 9.97 Å². The van der Waals surface area contributed by atoms with E-state index >= 15 is 0 Å². The zero-order valence-electron chi connectivity index (χ0n) is 10.7. The van der Waals surface area contributed by atoms with Crippen molar-refractivity contribution in [3.8, 4) is 17.0 Å². The average Bonchev–Trinajstić information content (AvgIpc) is 2.44. The molecule has 2 heterocycles. The molecule has 6 nitrogen and oxygen atoms in total. The Labute approximate surface area is 114 Å². The number of nitrogen functional groups attached to an aromatic ring is 1. The van der Waals surface area contributed by atoms with E-state index in [0.29, 0.717) is 16.8 Å². The molecule has 0 saturated carbocycles. The number of nitrogens with two attached hydrogens (primary N) is 1. The van der Waals surface area contributed by atoms with Gasteiger partial charge < -0.3 is 10.8 Å². The van der Waals surface area contributed by atoms with Gasteiger partial charge in [-0.2, -0.15) is 0 Å². The summed E-state index contributed by atoms with van der Waals surface area (Å²) in [5.74, 6) is 0.335. The first-order valence-electron chi connectivity index (χ1n) is 5.98. The van der Waals surface area contributed by atoms with Gasteiger partial charge in [0, 0.05) is 18.6 Å². The molecule has 0 aliphatic heterocycles. The lowest BCUT2D eigenvalue weighted by Crippen LogP contribution is -2.22. The van der Waals surface area contributed by atoms with E-state index in [1.165, 1.54) is 10.8 Å². The number of anilines is 1. The Hall–Kier alpha value is -2.89. The van der Waals surface area contributed by atoms with Crippen LogP contribution in [0.5, 0.6) is 5.75 Å². The summed E-state index contributed by atoms with van der Waals surface area (Å²) >= 11 is 0. The van der Waals surface area contributed by atoms with Gasteiger partial charge in [-0.05, 0) is 24.3 Å². The third kappa shape index (κ3) is 1.87. The first-order valence-corrected chi connectivity index (χ1v) is 5.98. The zero-order chi connectivity index (χ0) is 14.3. The Bertz CT molecular complexity index is 871. The van der Waals surface area contributed by atoms with E-state index in [0.717, 1.165) is 5.39 Å². The Balaban J connectivity index is 2.23. The highest BCUT2D eigenvalue weighted by Crippen LogP contribution is 2.21. The van der Waals surface area contributed by atoms with Crippen LogP contribution in [-0.2, 0) is 7.05 Å². The third-order valence-electron chi connectivity index (χ3n) is 3.15. The van der Waals surface area contributed by atoms with Gasteiger partial charge in [0.05, 0.1) is 16.8 Å². The second-order valence-electron chi connectivity index (χ2n) is 4.47. The van der Waals surface area contributed by atoms with Crippen LogP contribution in [0.4, 0.5) is 5.95 Å². The molecule has 0 aliphatic rings. The van der Waals surface area contributed by atoms with Crippen molar-refractivity contribution < 1.29 is 5.11 Å². The van der Waals surface area contributed by atoms with Gasteiger partial charge in [0.2, 0.25) is 5.95 Å². The third-order valence-corrected chi connectivity index (χ3v) is 3.15. The van der Waals surface area contributed by atoms with Crippen molar-refractivity contribution in [3.05, 3.63) is 46.9 Å². The Morgan fingerprint density at radius 1 is 1.25 bits per heavy atom. The highest BCUT2D eigenvalue weighted by atomic mass is 16.3. The van der Waals surface area contributed by atoms with Gasteiger partial charge in [-0.25, -0.2) is 9.97 Å². The summed E-state index contributed by atoms with van der Waals surface area (Å²) in [7, 11) is 1.56. The van der Waals surface area contributed by atoms with Crippen molar-refractivity contribution in [1.29, 1.82) is 0 Å². The molecule has 3 aromatic rings. The predicted molar refractivity (Wildman–Crippen MR) is 76.3 cm³/mol. The molecule has 20 heavy (non-hydrogen) atoms. The second-order valence-corrected chi connectivity index (χ2v) is 4.47. The van der Waals surface area contributed by atoms with E-state index in [1.54, 1.807) is 37.4 Å². The van der Waals surface area contributed by atoms with Gasteiger partial charge in [0.25, 0.3) is 5.56 Å². The van der Waals surface area contributed by atoms with Crippen LogP contribution in [0.2, 0.25) is 0 Å². The molecule has 100 valence electrons.